The molecule has 1 fully saturated rings. The number of carbonyl (C=O) groups excluding carboxylic acids is 1. The van der Waals surface area contributed by atoms with Crippen LogP contribution in [-0.4, -0.2) is 57.3 Å². The molecule has 0 saturated carbocycles. The molecular formula is C20H32N2O4. The van der Waals surface area contributed by atoms with E-state index in [1.54, 1.807) is 21.3 Å². The fraction of sp³-hybridized carbons (Fsp3) is 0.650. The van der Waals surface area contributed by atoms with Crippen LogP contribution in [0.1, 0.15) is 38.7 Å². The smallest absolute Gasteiger partial charge is 0.224 e. The molecule has 1 N–H and O–H groups in total. The zero-order chi connectivity index (χ0) is 19.2. The predicted octanol–water partition coefficient (Wildman–Crippen LogP) is 2.64. The van der Waals surface area contributed by atoms with Crippen molar-refractivity contribution in [1.82, 2.24) is 10.2 Å². The summed E-state index contributed by atoms with van der Waals surface area (Å²) in [5.74, 6) is 1.64. The normalized spacial score (nSPS) is 15.4. The van der Waals surface area contributed by atoms with Crippen LogP contribution in [0, 0.1) is 0 Å². The molecule has 0 atom stereocenters. The van der Waals surface area contributed by atoms with Gasteiger partial charge in [-0.3, -0.25) is 9.69 Å². The zero-order valence-electron chi connectivity index (χ0n) is 16.7. The summed E-state index contributed by atoms with van der Waals surface area (Å²) >= 11 is 0. The van der Waals surface area contributed by atoms with Crippen LogP contribution in [-0.2, 0) is 11.2 Å². The van der Waals surface area contributed by atoms with Gasteiger partial charge in [0.2, 0.25) is 11.7 Å². The Morgan fingerprint density at radius 1 is 1.04 bits per heavy atom. The summed E-state index contributed by atoms with van der Waals surface area (Å²) in [5, 5.41) is 3.08. The van der Waals surface area contributed by atoms with E-state index in [2.05, 4.69) is 24.1 Å². The molecule has 6 nitrogen and oxygen atoms in total. The van der Waals surface area contributed by atoms with Gasteiger partial charge >= 0.3 is 0 Å². The second kappa shape index (κ2) is 9.12. The summed E-state index contributed by atoms with van der Waals surface area (Å²) in [6.45, 7) is 7.23. The van der Waals surface area contributed by atoms with E-state index in [4.69, 9.17) is 14.2 Å². The van der Waals surface area contributed by atoms with Gasteiger partial charge < -0.3 is 19.5 Å². The number of ether oxygens (including phenoxy) is 3. The van der Waals surface area contributed by atoms with Gasteiger partial charge in [-0.1, -0.05) is 6.42 Å². The fourth-order valence-electron chi connectivity index (χ4n) is 3.41. The van der Waals surface area contributed by atoms with Crippen LogP contribution < -0.4 is 19.5 Å². The largest absolute Gasteiger partial charge is 0.493 e. The van der Waals surface area contributed by atoms with Crippen molar-refractivity contribution < 1.29 is 19.0 Å². The first kappa shape index (κ1) is 20.4. The molecule has 1 amide bonds. The van der Waals surface area contributed by atoms with E-state index in [0.29, 0.717) is 23.8 Å². The van der Waals surface area contributed by atoms with Gasteiger partial charge in [-0.15, -0.1) is 0 Å². The van der Waals surface area contributed by atoms with Crippen LogP contribution >= 0.6 is 0 Å². The summed E-state index contributed by atoms with van der Waals surface area (Å²) in [6, 6.07) is 3.63. The number of hydrogen-bond donors (Lipinski definition) is 1. The Kier molecular flexibility index (Phi) is 7.14. The monoisotopic (exact) mass is 364 g/mol. The summed E-state index contributed by atoms with van der Waals surface area (Å²) in [5.41, 5.74) is 0.790. The summed E-state index contributed by atoms with van der Waals surface area (Å²) in [7, 11) is 4.71. The number of amides is 1. The lowest BCUT2D eigenvalue weighted by atomic mass is 9.98. The Hall–Kier alpha value is -1.95. The number of piperidine rings is 1. The van der Waals surface area contributed by atoms with Crippen molar-refractivity contribution >= 4 is 5.91 Å². The predicted molar refractivity (Wildman–Crippen MR) is 102 cm³/mol. The Bertz CT molecular complexity index is 585. The standard InChI is InChI=1S/C20H32N2O4/c1-20(2,22-9-7-6-8-10-22)14-21-18(23)13-15-11-16(24-3)19(26-5)17(12-15)25-4/h11-12H,6-10,13-14H2,1-5H3,(H,21,23). The summed E-state index contributed by atoms with van der Waals surface area (Å²) in [6.07, 6.45) is 4.05. The van der Waals surface area contributed by atoms with E-state index in [1.165, 1.54) is 19.3 Å². The highest BCUT2D eigenvalue weighted by Gasteiger charge is 2.28. The minimum atomic E-state index is -0.0363. The molecule has 2 rings (SSSR count). The van der Waals surface area contributed by atoms with Crippen molar-refractivity contribution in [1.29, 1.82) is 0 Å². The highest BCUT2D eigenvalue weighted by molar-refractivity contribution is 5.79. The van der Waals surface area contributed by atoms with Crippen molar-refractivity contribution in [3.05, 3.63) is 17.7 Å². The minimum absolute atomic E-state index is 0.00985. The number of rotatable bonds is 8. The maximum Gasteiger partial charge on any atom is 0.224 e. The van der Waals surface area contributed by atoms with Crippen molar-refractivity contribution in [2.75, 3.05) is 41.0 Å². The van der Waals surface area contributed by atoms with Crippen molar-refractivity contribution in [2.24, 2.45) is 0 Å². The lowest BCUT2D eigenvalue weighted by molar-refractivity contribution is -0.121. The van der Waals surface area contributed by atoms with Gasteiger partial charge in [0.1, 0.15) is 0 Å². The number of nitrogens with one attached hydrogen (secondary N) is 1. The molecule has 1 aromatic rings. The molecule has 1 heterocycles. The first-order chi connectivity index (χ1) is 12.4. The molecule has 0 spiro atoms. The van der Waals surface area contributed by atoms with Gasteiger partial charge in [-0.25, -0.2) is 0 Å². The van der Waals surface area contributed by atoms with Gasteiger partial charge in [0.25, 0.3) is 0 Å². The van der Waals surface area contributed by atoms with Gasteiger partial charge in [0, 0.05) is 12.1 Å². The number of benzene rings is 1. The topological polar surface area (TPSA) is 60.0 Å². The number of likely N-dealkylation sites (tertiary alicyclic amines) is 1. The Labute approximate surface area is 156 Å². The number of methoxy groups -OCH3 is 3. The van der Waals surface area contributed by atoms with Crippen molar-refractivity contribution in [2.45, 2.75) is 45.1 Å². The Morgan fingerprint density at radius 3 is 2.12 bits per heavy atom. The molecule has 0 radical (unpaired) electrons. The third-order valence-electron chi connectivity index (χ3n) is 5.02. The maximum atomic E-state index is 12.5. The Morgan fingerprint density at radius 2 is 1.62 bits per heavy atom. The average molecular weight is 364 g/mol. The highest BCUT2D eigenvalue weighted by atomic mass is 16.5. The average Bonchev–Trinajstić information content (AvgIpc) is 2.66. The first-order valence-electron chi connectivity index (χ1n) is 9.22. The number of hydrogen-bond acceptors (Lipinski definition) is 5. The molecule has 0 unspecified atom stereocenters. The molecule has 0 aromatic heterocycles. The zero-order valence-corrected chi connectivity index (χ0v) is 16.7. The fourth-order valence-corrected chi connectivity index (χ4v) is 3.41. The quantitative estimate of drug-likeness (QED) is 0.768. The second-order valence-electron chi connectivity index (χ2n) is 7.35. The van der Waals surface area contributed by atoms with E-state index >= 15 is 0 Å². The third kappa shape index (κ3) is 5.04. The summed E-state index contributed by atoms with van der Waals surface area (Å²) in [4.78, 5) is 14.9. The SMILES string of the molecule is COc1cc(CC(=O)NCC(C)(C)N2CCCCC2)cc(OC)c1OC. The van der Waals surface area contributed by atoms with E-state index < -0.39 is 0 Å². The van der Waals surface area contributed by atoms with Crippen LogP contribution in [0.5, 0.6) is 17.2 Å². The van der Waals surface area contributed by atoms with Crippen LogP contribution in [0.25, 0.3) is 0 Å². The van der Waals surface area contributed by atoms with Crippen LogP contribution in [0.15, 0.2) is 12.1 Å². The van der Waals surface area contributed by atoms with Crippen molar-refractivity contribution in [3.63, 3.8) is 0 Å². The number of nitrogens with zero attached hydrogens (tertiary/aromatic N) is 1. The Balaban J connectivity index is 1.98. The lowest BCUT2D eigenvalue weighted by Gasteiger charge is -2.41. The molecule has 26 heavy (non-hydrogen) atoms. The molecule has 0 bridgehead atoms. The van der Waals surface area contributed by atoms with Gasteiger partial charge in [0.05, 0.1) is 27.8 Å². The molecular weight excluding hydrogens is 332 g/mol. The highest BCUT2D eigenvalue weighted by Crippen LogP contribution is 2.38. The van der Waals surface area contributed by atoms with E-state index in [1.807, 2.05) is 12.1 Å². The molecule has 1 aliphatic rings. The van der Waals surface area contributed by atoms with E-state index in [0.717, 1.165) is 18.7 Å². The van der Waals surface area contributed by atoms with Crippen molar-refractivity contribution in [3.8, 4) is 17.2 Å². The second-order valence-corrected chi connectivity index (χ2v) is 7.35. The number of carbonyl (C=O) groups is 1. The van der Waals surface area contributed by atoms with E-state index in [-0.39, 0.29) is 17.9 Å². The molecule has 6 heteroatoms. The maximum absolute atomic E-state index is 12.5. The minimum Gasteiger partial charge on any atom is -0.493 e. The van der Waals surface area contributed by atoms with Crippen LogP contribution in [0.3, 0.4) is 0 Å². The molecule has 1 aliphatic heterocycles. The molecule has 146 valence electrons. The third-order valence-corrected chi connectivity index (χ3v) is 5.02. The molecule has 0 aliphatic carbocycles. The van der Waals surface area contributed by atoms with Crippen LogP contribution in [0.4, 0.5) is 0 Å². The molecule has 1 aromatic carbocycles. The van der Waals surface area contributed by atoms with Gasteiger partial charge in [-0.05, 0) is 57.5 Å². The van der Waals surface area contributed by atoms with Crippen LogP contribution in [0.2, 0.25) is 0 Å². The lowest BCUT2D eigenvalue weighted by Crippen LogP contribution is -2.53. The summed E-state index contributed by atoms with van der Waals surface area (Å²) < 4.78 is 16.0. The van der Waals surface area contributed by atoms with E-state index in [9.17, 15) is 4.79 Å². The van der Waals surface area contributed by atoms with Gasteiger partial charge in [-0.2, -0.15) is 0 Å². The molecule has 1 saturated heterocycles. The first-order valence-corrected chi connectivity index (χ1v) is 9.22. The van der Waals surface area contributed by atoms with Gasteiger partial charge in [0.15, 0.2) is 11.5 Å².